The first-order valence-electron chi connectivity index (χ1n) is 13.6. The third-order valence-electron chi connectivity index (χ3n) is 8.25. The van der Waals surface area contributed by atoms with Gasteiger partial charge in [-0.2, -0.15) is 0 Å². The van der Waals surface area contributed by atoms with Gasteiger partial charge in [0.15, 0.2) is 0 Å². The number of carbonyl (C=O) groups is 3. The molecule has 4 rings (SSSR count). The van der Waals surface area contributed by atoms with Gasteiger partial charge in [-0.1, -0.05) is 50.1 Å². The number of amides is 3. The van der Waals surface area contributed by atoms with Crippen molar-refractivity contribution in [3.8, 4) is 0 Å². The van der Waals surface area contributed by atoms with Crippen LogP contribution >= 0.6 is 11.8 Å². The van der Waals surface area contributed by atoms with E-state index in [4.69, 9.17) is 0 Å². The molecule has 3 amide bonds. The minimum atomic E-state index is -0.563. The molecule has 1 aromatic carbocycles. The molecule has 0 aromatic heterocycles. The maximum atomic E-state index is 14.0. The number of aliphatic hydroxyl groups is 1. The molecule has 3 N–H and O–H groups in total. The van der Waals surface area contributed by atoms with Crippen LogP contribution in [0.25, 0.3) is 0 Å². The highest BCUT2D eigenvalue weighted by molar-refractivity contribution is 8.02. The summed E-state index contributed by atoms with van der Waals surface area (Å²) in [6, 6.07) is 9.25. The van der Waals surface area contributed by atoms with Crippen LogP contribution in [0.2, 0.25) is 0 Å². The molecule has 3 fully saturated rings. The number of benzene rings is 1. The lowest BCUT2D eigenvalue weighted by Crippen LogP contribution is -2.54. The number of rotatable bonds is 13. The summed E-state index contributed by atoms with van der Waals surface area (Å²) in [6.45, 7) is 5.88. The fraction of sp³-hybridized carbons (Fsp3) is 0.679. The highest BCUT2D eigenvalue weighted by atomic mass is 32.2. The number of hydrogen-bond acceptors (Lipinski definition) is 5. The van der Waals surface area contributed by atoms with Gasteiger partial charge in [-0.05, 0) is 51.0 Å². The van der Waals surface area contributed by atoms with E-state index in [0.717, 1.165) is 50.5 Å². The van der Waals surface area contributed by atoms with Crippen LogP contribution in [-0.4, -0.2) is 63.0 Å². The van der Waals surface area contributed by atoms with Gasteiger partial charge in [0.1, 0.15) is 6.04 Å². The van der Waals surface area contributed by atoms with Gasteiger partial charge in [0.2, 0.25) is 17.7 Å². The Morgan fingerprint density at radius 1 is 1.06 bits per heavy atom. The van der Waals surface area contributed by atoms with E-state index in [1.54, 1.807) is 16.7 Å². The summed E-state index contributed by atoms with van der Waals surface area (Å²) in [7, 11) is 0. The molecular formula is C28H41N3O4S. The molecule has 3 aliphatic heterocycles. The van der Waals surface area contributed by atoms with Crippen molar-refractivity contribution in [2.75, 3.05) is 19.7 Å². The van der Waals surface area contributed by atoms with E-state index in [9.17, 15) is 19.5 Å². The van der Waals surface area contributed by atoms with E-state index in [-0.39, 0.29) is 29.1 Å². The van der Waals surface area contributed by atoms with Crippen molar-refractivity contribution in [1.82, 2.24) is 15.5 Å². The van der Waals surface area contributed by atoms with Gasteiger partial charge in [0, 0.05) is 31.0 Å². The van der Waals surface area contributed by atoms with Crippen LogP contribution in [0.4, 0.5) is 0 Å². The molecule has 1 spiro atoms. The van der Waals surface area contributed by atoms with Gasteiger partial charge in [-0.15, -0.1) is 11.8 Å². The van der Waals surface area contributed by atoms with Gasteiger partial charge in [-0.3, -0.25) is 14.4 Å². The van der Waals surface area contributed by atoms with E-state index in [0.29, 0.717) is 26.1 Å². The van der Waals surface area contributed by atoms with Gasteiger partial charge in [0.25, 0.3) is 0 Å². The molecule has 3 aliphatic rings. The molecule has 36 heavy (non-hydrogen) atoms. The third kappa shape index (κ3) is 5.03. The number of thioether (sulfide) groups is 1. The van der Waals surface area contributed by atoms with Crippen molar-refractivity contribution in [1.29, 1.82) is 0 Å². The highest BCUT2D eigenvalue weighted by Gasteiger charge is 2.76. The second-order valence-corrected chi connectivity index (χ2v) is 12.6. The summed E-state index contributed by atoms with van der Waals surface area (Å²) in [5, 5.41) is 15.4. The number of aliphatic hydroxyl groups excluding tert-OH is 1. The molecule has 3 saturated heterocycles. The normalized spacial score (nSPS) is 30.5. The quantitative estimate of drug-likeness (QED) is 0.350. The van der Waals surface area contributed by atoms with Gasteiger partial charge < -0.3 is 20.6 Å². The van der Waals surface area contributed by atoms with Crippen LogP contribution in [0, 0.1) is 11.8 Å². The largest absolute Gasteiger partial charge is 0.396 e. The van der Waals surface area contributed by atoms with Crippen LogP contribution in [0.1, 0.15) is 70.8 Å². The number of likely N-dealkylation sites (tertiary alicyclic amines) is 1. The molecule has 5 atom stereocenters. The first kappa shape index (κ1) is 27.0. The lowest BCUT2D eigenvalue weighted by molar-refractivity contribution is -0.140. The first-order chi connectivity index (χ1) is 17.4. The lowest BCUT2D eigenvalue weighted by atomic mass is 9.66. The zero-order valence-electron chi connectivity index (χ0n) is 21.6. The highest BCUT2D eigenvalue weighted by Crippen LogP contribution is 2.71. The molecule has 3 heterocycles. The topological polar surface area (TPSA) is 98.7 Å². The molecule has 1 aromatic rings. The van der Waals surface area contributed by atoms with Crippen molar-refractivity contribution >= 4 is 29.5 Å². The molecule has 7 nitrogen and oxygen atoms in total. The molecule has 0 saturated carbocycles. The third-order valence-corrected chi connectivity index (χ3v) is 10.2. The van der Waals surface area contributed by atoms with E-state index in [1.807, 2.05) is 30.3 Å². The zero-order valence-corrected chi connectivity index (χ0v) is 22.4. The van der Waals surface area contributed by atoms with Crippen LogP contribution < -0.4 is 10.6 Å². The molecule has 0 aliphatic carbocycles. The Morgan fingerprint density at radius 2 is 1.83 bits per heavy atom. The summed E-state index contributed by atoms with van der Waals surface area (Å²) in [5.41, 5.74) is 1.02. The number of nitrogens with zero attached hydrogens (tertiary/aromatic N) is 1. The smallest absolute Gasteiger partial charge is 0.244 e. The van der Waals surface area contributed by atoms with Crippen molar-refractivity contribution in [3.63, 3.8) is 0 Å². The second kappa shape index (κ2) is 11.5. The maximum absolute atomic E-state index is 14.0. The van der Waals surface area contributed by atoms with Gasteiger partial charge in [-0.25, -0.2) is 0 Å². The van der Waals surface area contributed by atoms with E-state index < -0.39 is 22.6 Å². The first-order valence-corrected chi connectivity index (χ1v) is 14.4. The number of nitrogens with one attached hydrogen (secondary N) is 2. The fourth-order valence-corrected chi connectivity index (χ4v) is 8.87. The molecule has 0 radical (unpaired) electrons. The number of unbranched alkanes of at least 4 members (excludes halogenated alkanes) is 4. The van der Waals surface area contributed by atoms with Crippen LogP contribution in [0.15, 0.2) is 30.3 Å². The monoisotopic (exact) mass is 515 g/mol. The Hall–Kier alpha value is -2.06. The van der Waals surface area contributed by atoms with Crippen molar-refractivity contribution in [2.45, 2.75) is 87.3 Å². The summed E-state index contributed by atoms with van der Waals surface area (Å²) in [5.74, 6) is -1.15. The number of hydrogen-bond donors (Lipinski definition) is 3. The standard InChI is InChI=1S/C28H41N3O4S/c1-3-4-9-16-29-25(34)23-28-15-14-27(2,36-28)21(24(33)30-19-20-12-7-5-8-13-20)22(28)26(35)31(23)17-10-6-11-18-32/h5,7-8,12-13,21-23,32H,3-4,6,9-11,14-19H2,1-2H3,(H,29,34)(H,30,33)/t21-,22+,23?,27+,28?/m1/s1. The average molecular weight is 516 g/mol. The van der Waals surface area contributed by atoms with Crippen LogP contribution in [0.3, 0.4) is 0 Å². The Morgan fingerprint density at radius 3 is 2.56 bits per heavy atom. The van der Waals surface area contributed by atoms with Gasteiger partial charge in [0.05, 0.1) is 16.6 Å². The minimum Gasteiger partial charge on any atom is -0.396 e. The number of fused-ring (bicyclic) bond motifs is 1. The Labute approximate surface area is 219 Å². The summed E-state index contributed by atoms with van der Waals surface area (Å²) >= 11 is 1.72. The van der Waals surface area contributed by atoms with Gasteiger partial charge >= 0.3 is 0 Å². The predicted molar refractivity (Wildman–Crippen MR) is 142 cm³/mol. The minimum absolute atomic E-state index is 0.0523. The summed E-state index contributed by atoms with van der Waals surface area (Å²) in [6.07, 6.45) is 6.87. The number of carbonyl (C=O) groups excluding carboxylic acids is 3. The zero-order chi connectivity index (χ0) is 25.8. The molecule has 2 bridgehead atoms. The Bertz CT molecular complexity index is 944. The van der Waals surface area contributed by atoms with Crippen LogP contribution in [-0.2, 0) is 20.9 Å². The predicted octanol–water partition coefficient (Wildman–Crippen LogP) is 3.25. The van der Waals surface area contributed by atoms with E-state index in [2.05, 4.69) is 24.5 Å². The molecule has 8 heteroatoms. The molecular weight excluding hydrogens is 474 g/mol. The fourth-order valence-electron chi connectivity index (χ4n) is 6.52. The van der Waals surface area contributed by atoms with E-state index >= 15 is 0 Å². The molecule has 2 unspecified atom stereocenters. The summed E-state index contributed by atoms with van der Waals surface area (Å²) < 4.78 is -0.919. The Kier molecular flexibility index (Phi) is 8.66. The summed E-state index contributed by atoms with van der Waals surface area (Å²) in [4.78, 5) is 42.9. The van der Waals surface area contributed by atoms with Crippen molar-refractivity contribution < 1.29 is 19.5 Å². The lowest BCUT2D eigenvalue weighted by Gasteiger charge is -2.35. The van der Waals surface area contributed by atoms with Crippen molar-refractivity contribution in [2.24, 2.45) is 11.8 Å². The molecule has 198 valence electrons. The maximum Gasteiger partial charge on any atom is 0.244 e. The SMILES string of the molecule is CCCCCNC(=O)C1N(CCCCCO)C(=O)[C@@H]2[C@H](C(=O)NCc3ccccc3)[C@]3(C)CCC12S3. The Balaban J connectivity index is 1.56. The van der Waals surface area contributed by atoms with Crippen molar-refractivity contribution in [3.05, 3.63) is 35.9 Å². The van der Waals surface area contributed by atoms with Crippen LogP contribution in [0.5, 0.6) is 0 Å². The van der Waals surface area contributed by atoms with E-state index in [1.165, 1.54) is 0 Å². The second-order valence-electron chi connectivity index (χ2n) is 10.7. The average Bonchev–Trinajstić information content (AvgIpc) is 3.44.